The summed E-state index contributed by atoms with van der Waals surface area (Å²) < 4.78 is 22.5. The van der Waals surface area contributed by atoms with Crippen molar-refractivity contribution in [3.8, 4) is 0 Å². The minimum absolute atomic E-state index is 0.00620. The van der Waals surface area contributed by atoms with Crippen molar-refractivity contribution in [1.82, 2.24) is 0 Å². The molecule has 0 spiro atoms. The zero-order valence-electron chi connectivity index (χ0n) is 12.4. The van der Waals surface area contributed by atoms with Crippen molar-refractivity contribution in [3.63, 3.8) is 0 Å². The largest absolute Gasteiger partial charge is 0.466 e. The Labute approximate surface area is 119 Å². The van der Waals surface area contributed by atoms with Gasteiger partial charge in [-0.3, -0.25) is 0 Å². The fraction of sp³-hybridized carbons (Fsp3) is 0.800. The van der Waals surface area contributed by atoms with Crippen LogP contribution in [0.4, 0.5) is 0 Å². The van der Waals surface area contributed by atoms with E-state index in [9.17, 15) is 4.79 Å². The number of fused-ring (bicyclic) bond motifs is 3. The molecule has 0 bridgehead atoms. The first-order chi connectivity index (χ1) is 9.46. The van der Waals surface area contributed by atoms with E-state index in [4.69, 9.17) is 18.9 Å². The van der Waals surface area contributed by atoms with E-state index < -0.39 is 5.79 Å². The van der Waals surface area contributed by atoms with Crippen molar-refractivity contribution in [2.45, 2.75) is 50.8 Å². The van der Waals surface area contributed by atoms with E-state index in [-0.39, 0.29) is 36.1 Å². The Morgan fingerprint density at radius 1 is 1.35 bits per heavy atom. The smallest absolute Gasteiger partial charge is 0.333 e. The Bertz CT molecular complexity index is 442. The van der Waals surface area contributed by atoms with Gasteiger partial charge in [0.05, 0.1) is 25.4 Å². The lowest BCUT2D eigenvalue weighted by Gasteiger charge is -2.35. The highest BCUT2D eigenvalue weighted by atomic mass is 16.8. The second kappa shape index (κ2) is 4.83. The molecule has 112 valence electrons. The fourth-order valence-electron chi connectivity index (χ4n) is 3.97. The lowest BCUT2D eigenvalue weighted by molar-refractivity contribution is -0.167. The van der Waals surface area contributed by atoms with Crippen LogP contribution in [-0.2, 0) is 23.7 Å². The molecule has 2 aliphatic carbocycles. The number of hydrogen-bond donors (Lipinski definition) is 0. The Kier molecular flexibility index (Phi) is 3.39. The van der Waals surface area contributed by atoms with E-state index in [1.807, 2.05) is 19.9 Å². The van der Waals surface area contributed by atoms with Crippen LogP contribution in [0.25, 0.3) is 0 Å². The van der Waals surface area contributed by atoms with E-state index in [2.05, 4.69) is 0 Å². The number of carbonyl (C=O) groups excluding carboxylic acids is 1. The quantitative estimate of drug-likeness (QED) is 0.721. The van der Waals surface area contributed by atoms with Gasteiger partial charge in [-0.1, -0.05) is 6.08 Å². The molecule has 0 aromatic heterocycles. The summed E-state index contributed by atoms with van der Waals surface area (Å²) in [6, 6.07) is 0. The summed E-state index contributed by atoms with van der Waals surface area (Å²) in [4.78, 5) is 11.9. The van der Waals surface area contributed by atoms with Gasteiger partial charge in [0, 0.05) is 24.5 Å². The highest BCUT2D eigenvalue weighted by Gasteiger charge is 2.58. The molecule has 20 heavy (non-hydrogen) atoms. The van der Waals surface area contributed by atoms with Crippen LogP contribution >= 0.6 is 0 Å². The number of hydrogen-bond acceptors (Lipinski definition) is 5. The first kappa shape index (κ1) is 14.0. The Morgan fingerprint density at radius 2 is 2.10 bits per heavy atom. The summed E-state index contributed by atoms with van der Waals surface area (Å²) in [6.45, 7) is 3.87. The predicted octanol–water partition coefficient (Wildman–Crippen LogP) is 1.66. The molecule has 3 rings (SSSR count). The minimum Gasteiger partial charge on any atom is -0.466 e. The average Bonchev–Trinajstić information content (AvgIpc) is 2.88. The molecule has 0 radical (unpaired) electrons. The number of methoxy groups -OCH3 is 2. The van der Waals surface area contributed by atoms with Crippen molar-refractivity contribution in [2.24, 2.45) is 11.8 Å². The molecule has 0 aromatic rings. The molecule has 5 nitrogen and oxygen atoms in total. The molecule has 2 fully saturated rings. The van der Waals surface area contributed by atoms with Gasteiger partial charge in [0.25, 0.3) is 0 Å². The van der Waals surface area contributed by atoms with Crippen LogP contribution in [0.1, 0.15) is 26.7 Å². The van der Waals surface area contributed by atoms with E-state index in [1.54, 1.807) is 7.11 Å². The third-order valence-electron chi connectivity index (χ3n) is 4.67. The minimum atomic E-state index is -0.550. The highest BCUT2D eigenvalue weighted by Crippen LogP contribution is 2.51. The second-order valence-electron chi connectivity index (χ2n) is 6.22. The van der Waals surface area contributed by atoms with Crippen molar-refractivity contribution < 1.29 is 23.7 Å². The maximum absolute atomic E-state index is 11.9. The Hall–Kier alpha value is -0.910. The molecule has 0 aromatic carbocycles. The van der Waals surface area contributed by atoms with Gasteiger partial charge in [0.2, 0.25) is 0 Å². The summed E-state index contributed by atoms with van der Waals surface area (Å²) in [5.74, 6) is -0.530. The predicted molar refractivity (Wildman–Crippen MR) is 70.9 cm³/mol. The molecule has 5 heteroatoms. The van der Waals surface area contributed by atoms with Gasteiger partial charge in [-0.2, -0.15) is 0 Å². The lowest BCUT2D eigenvalue weighted by Crippen LogP contribution is -2.40. The van der Waals surface area contributed by atoms with Gasteiger partial charge in [-0.25, -0.2) is 4.79 Å². The summed E-state index contributed by atoms with van der Waals surface area (Å²) in [7, 11) is 3.14. The zero-order valence-corrected chi connectivity index (χ0v) is 12.4. The van der Waals surface area contributed by atoms with E-state index in [0.29, 0.717) is 0 Å². The van der Waals surface area contributed by atoms with E-state index in [1.165, 1.54) is 7.11 Å². The van der Waals surface area contributed by atoms with Gasteiger partial charge < -0.3 is 18.9 Å². The number of carbonyl (C=O) groups is 1. The van der Waals surface area contributed by atoms with Crippen molar-refractivity contribution >= 4 is 5.97 Å². The molecule has 1 saturated heterocycles. The SMILES string of the molecule is COC(=O)C1=CC[C@@H](OC)C2C1C[C@@H]1OC(C)(C)O[C@H]21. The molecule has 1 heterocycles. The van der Waals surface area contributed by atoms with Crippen LogP contribution in [0.3, 0.4) is 0 Å². The Morgan fingerprint density at radius 3 is 2.75 bits per heavy atom. The van der Waals surface area contributed by atoms with Crippen LogP contribution in [0.5, 0.6) is 0 Å². The van der Waals surface area contributed by atoms with Crippen LogP contribution in [-0.4, -0.2) is 44.3 Å². The van der Waals surface area contributed by atoms with Crippen molar-refractivity contribution in [2.75, 3.05) is 14.2 Å². The lowest BCUT2D eigenvalue weighted by atomic mass is 9.78. The van der Waals surface area contributed by atoms with E-state index >= 15 is 0 Å². The molecule has 3 aliphatic rings. The second-order valence-corrected chi connectivity index (χ2v) is 6.22. The van der Waals surface area contributed by atoms with Crippen LogP contribution in [0, 0.1) is 11.8 Å². The van der Waals surface area contributed by atoms with Gasteiger partial charge >= 0.3 is 5.97 Å². The summed E-state index contributed by atoms with van der Waals surface area (Å²) in [6.07, 6.45) is 3.56. The number of rotatable bonds is 2. The van der Waals surface area contributed by atoms with Crippen LogP contribution in [0.2, 0.25) is 0 Å². The molecule has 2 unspecified atom stereocenters. The van der Waals surface area contributed by atoms with Crippen molar-refractivity contribution in [3.05, 3.63) is 11.6 Å². The highest BCUT2D eigenvalue weighted by molar-refractivity contribution is 5.89. The Balaban J connectivity index is 1.89. The number of ether oxygens (including phenoxy) is 4. The zero-order chi connectivity index (χ0) is 14.5. The first-order valence-corrected chi connectivity index (χ1v) is 7.13. The monoisotopic (exact) mass is 282 g/mol. The molecular weight excluding hydrogens is 260 g/mol. The molecule has 1 aliphatic heterocycles. The molecule has 0 amide bonds. The topological polar surface area (TPSA) is 54.0 Å². The third kappa shape index (κ3) is 2.08. The molecule has 1 saturated carbocycles. The van der Waals surface area contributed by atoms with Gasteiger partial charge in [0.1, 0.15) is 0 Å². The fourth-order valence-corrected chi connectivity index (χ4v) is 3.97. The first-order valence-electron chi connectivity index (χ1n) is 7.13. The van der Waals surface area contributed by atoms with E-state index in [0.717, 1.165) is 18.4 Å². The maximum atomic E-state index is 11.9. The third-order valence-corrected chi connectivity index (χ3v) is 4.67. The summed E-state index contributed by atoms with van der Waals surface area (Å²) in [5.41, 5.74) is 0.755. The number of esters is 1. The van der Waals surface area contributed by atoms with Crippen molar-refractivity contribution in [1.29, 1.82) is 0 Å². The normalized spacial score (nSPS) is 41.8. The van der Waals surface area contributed by atoms with Gasteiger partial charge in [-0.05, 0) is 26.7 Å². The molecule has 0 N–H and O–H groups in total. The molecular formula is C15H22O5. The maximum Gasteiger partial charge on any atom is 0.333 e. The average molecular weight is 282 g/mol. The summed E-state index contributed by atoms with van der Waals surface area (Å²) >= 11 is 0. The van der Waals surface area contributed by atoms with Gasteiger partial charge in [0.15, 0.2) is 5.79 Å². The summed E-state index contributed by atoms with van der Waals surface area (Å²) in [5, 5.41) is 0. The standard InChI is InChI=1S/C15H22O5/c1-15(2)19-11-7-9-8(14(16)18-4)5-6-10(17-3)12(9)13(11)20-15/h5,9-13H,6-7H2,1-4H3/t9?,10-,11+,12?,13+/m1/s1. The van der Waals surface area contributed by atoms with Crippen LogP contribution < -0.4 is 0 Å². The van der Waals surface area contributed by atoms with Crippen LogP contribution in [0.15, 0.2) is 11.6 Å². The van der Waals surface area contributed by atoms with Gasteiger partial charge in [-0.15, -0.1) is 0 Å². The molecule has 5 atom stereocenters.